The van der Waals surface area contributed by atoms with Crippen molar-refractivity contribution in [3.8, 4) is 11.5 Å². The number of amides is 2. The SMILES string of the molecule is C[C@H](C(=O)Nc1ccccc1C(=O)NC[C@H]1CCCO1)N(c1ccc2c(c1)OCCO2)S(C)(=O)=O. The molecule has 188 valence electrons. The molecule has 11 heteroatoms. The van der Waals surface area contributed by atoms with Crippen LogP contribution < -0.4 is 24.4 Å². The third-order valence-electron chi connectivity index (χ3n) is 5.81. The Morgan fingerprint density at radius 2 is 1.83 bits per heavy atom. The second-order valence-electron chi connectivity index (χ2n) is 8.44. The van der Waals surface area contributed by atoms with Gasteiger partial charge < -0.3 is 24.8 Å². The topological polar surface area (TPSA) is 123 Å². The molecule has 2 aromatic carbocycles. The molecule has 0 bridgehead atoms. The van der Waals surface area contributed by atoms with Crippen LogP contribution in [-0.4, -0.2) is 65.0 Å². The molecule has 2 heterocycles. The van der Waals surface area contributed by atoms with Crippen LogP contribution in [0, 0.1) is 0 Å². The molecule has 2 aliphatic heterocycles. The summed E-state index contributed by atoms with van der Waals surface area (Å²) in [6.45, 7) is 3.29. The fraction of sp³-hybridized carbons (Fsp3) is 0.417. The molecule has 0 unspecified atom stereocenters. The smallest absolute Gasteiger partial charge is 0.253 e. The van der Waals surface area contributed by atoms with Gasteiger partial charge in [-0.15, -0.1) is 0 Å². The minimum atomic E-state index is -3.84. The number of anilines is 2. The normalized spacial score (nSPS) is 17.9. The second-order valence-corrected chi connectivity index (χ2v) is 10.3. The van der Waals surface area contributed by atoms with Crippen molar-refractivity contribution in [1.82, 2.24) is 5.32 Å². The number of nitrogens with zero attached hydrogens (tertiary/aromatic N) is 1. The van der Waals surface area contributed by atoms with Crippen LogP contribution in [0.15, 0.2) is 42.5 Å². The predicted molar refractivity (Wildman–Crippen MR) is 131 cm³/mol. The van der Waals surface area contributed by atoms with Gasteiger partial charge in [0.15, 0.2) is 11.5 Å². The Morgan fingerprint density at radius 3 is 2.54 bits per heavy atom. The van der Waals surface area contributed by atoms with E-state index in [0.717, 1.165) is 23.4 Å². The fourth-order valence-electron chi connectivity index (χ4n) is 4.11. The van der Waals surface area contributed by atoms with Gasteiger partial charge in [0, 0.05) is 19.2 Å². The number of benzene rings is 2. The van der Waals surface area contributed by atoms with Gasteiger partial charge in [0.05, 0.1) is 29.3 Å². The maximum atomic E-state index is 13.2. The number of sulfonamides is 1. The van der Waals surface area contributed by atoms with Crippen LogP contribution in [0.25, 0.3) is 0 Å². The quantitative estimate of drug-likeness (QED) is 0.566. The number of ether oxygens (including phenoxy) is 3. The molecule has 0 spiro atoms. The van der Waals surface area contributed by atoms with Gasteiger partial charge in [-0.3, -0.25) is 13.9 Å². The summed E-state index contributed by atoms with van der Waals surface area (Å²) in [5.74, 6) is -0.0303. The number of rotatable bonds is 8. The van der Waals surface area contributed by atoms with Crippen LogP contribution in [0.2, 0.25) is 0 Å². The summed E-state index contributed by atoms with van der Waals surface area (Å²) >= 11 is 0. The van der Waals surface area contributed by atoms with E-state index in [-0.39, 0.29) is 28.9 Å². The number of hydrogen-bond acceptors (Lipinski definition) is 7. The van der Waals surface area contributed by atoms with E-state index in [9.17, 15) is 18.0 Å². The van der Waals surface area contributed by atoms with Gasteiger partial charge in [0.2, 0.25) is 15.9 Å². The minimum absolute atomic E-state index is 0.0185. The Kier molecular flexibility index (Phi) is 7.46. The maximum Gasteiger partial charge on any atom is 0.253 e. The van der Waals surface area contributed by atoms with E-state index in [1.165, 1.54) is 13.0 Å². The Bertz CT molecular complexity index is 1200. The van der Waals surface area contributed by atoms with Crippen molar-refractivity contribution >= 4 is 33.2 Å². The monoisotopic (exact) mass is 503 g/mol. The maximum absolute atomic E-state index is 13.2. The van der Waals surface area contributed by atoms with E-state index in [1.807, 2.05) is 0 Å². The lowest BCUT2D eigenvalue weighted by molar-refractivity contribution is -0.116. The van der Waals surface area contributed by atoms with Gasteiger partial charge in [-0.05, 0) is 44.0 Å². The number of carbonyl (C=O) groups is 2. The summed E-state index contributed by atoms with van der Waals surface area (Å²) in [6, 6.07) is 10.2. The van der Waals surface area contributed by atoms with Gasteiger partial charge in [-0.1, -0.05) is 12.1 Å². The van der Waals surface area contributed by atoms with E-state index in [1.54, 1.807) is 36.4 Å². The second kappa shape index (κ2) is 10.5. The molecule has 0 aromatic heterocycles. The highest BCUT2D eigenvalue weighted by atomic mass is 32.2. The van der Waals surface area contributed by atoms with Crippen LogP contribution in [0.1, 0.15) is 30.1 Å². The van der Waals surface area contributed by atoms with Crippen molar-refractivity contribution < 1.29 is 32.2 Å². The van der Waals surface area contributed by atoms with Crippen LogP contribution in [-0.2, 0) is 19.6 Å². The first-order chi connectivity index (χ1) is 16.7. The summed E-state index contributed by atoms with van der Waals surface area (Å²) in [7, 11) is -3.84. The van der Waals surface area contributed by atoms with Crippen molar-refractivity contribution in [2.45, 2.75) is 31.9 Å². The summed E-state index contributed by atoms with van der Waals surface area (Å²) in [5.41, 5.74) is 0.822. The molecule has 0 radical (unpaired) electrons. The Hall–Kier alpha value is -3.31. The highest BCUT2D eigenvalue weighted by Gasteiger charge is 2.31. The Balaban J connectivity index is 1.52. The first kappa shape index (κ1) is 24.8. The largest absolute Gasteiger partial charge is 0.486 e. The van der Waals surface area contributed by atoms with Crippen LogP contribution >= 0.6 is 0 Å². The minimum Gasteiger partial charge on any atom is -0.486 e. The van der Waals surface area contributed by atoms with Crippen molar-refractivity contribution in [3.05, 3.63) is 48.0 Å². The molecule has 0 saturated carbocycles. The highest BCUT2D eigenvalue weighted by Crippen LogP contribution is 2.35. The lowest BCUT2D eigenvalue weighted by Crippen LogP contribution is -2.45. The standard InChI is InChI=1S/C24H29N3O7S/c1-16(27(35(2,30)31)17-9-10-21-22(14-17)34-13-12-33-21)23(28)26-20-8-4-3-7-19(20)24(29)25-15-18-6-5-11-32-18/h3-4,7-10,14,16,18H,5-6,11-13,15H2,1-2H3,(H,25,29)(H,26,28)/t16-,18-/m1/s1. The molecule has 2 aliphatic rings. The Morgan fingerprint density at radius 1 is 1.09 bits per heavy atom. The molecule has 4 rings (SSSR count). The average molecular weight is 504 g/mol. The molecule has 2 N–H and O–H groups in total. The number of para-hydroxylation sites is 1. The summed E-state index contributed by atoms with van der Waals surface area (Å²) in [4.78, 5) is 26.0. The predicted octanol–water partition coefficient (Wildman–Crippen LogP) is 2.16. The molecular weight excluding hydrogens is 474 g/mol. The molecule has 2 aromatic rings. The van der Waals surface area contributed by atoms with Crippen LogP contribution in [0.5, 0.6) is 11.5 Å². The van der Waals surface area contributed by atoms with Gasteiger partial charge in [-0.25, -0.2) is 8.42 Å². The molecule has 1 fully saturated rings. The lowest BCUT2D eigenvalue weighted by Gasteiger charge is -2.29. The third kappa shape index (κ3) is 5.85. The molecule has 35 heavy (non-hydrogen) atoms. The Labute approximate surface area is 204 Å². The van der Waals surface area contributed by atoms with E-state index < -0.39 is 22.0 Å². The van der Waals surface area contributed by atoms with Gasteiger partial charge >= 0.3 is 0 Å². The van der Waals surface area contributed by atoms with E-state index in [2.05, 4.69) is 10.6 Å². The molecule has 2 atom stereocenters. The first-order valence-corrected chi connectivity index (χ1v) is 13.3. The lowest BCUT2D eigenvalue weighted by atomic mass is 10.1. The summed E-state index contributed by atoms with van der Waals surface area (Å²) < 4.78 is 43.0. The van der Waals surface area contributed by atoms with Crippen molar-refractivity contribution in [2.24, 2.45) is 0 Å². The van der Waals surface area contributed by atoms with E-state index in [0.29, 0.717) is 37.9 Å². The van der Waals surface area contributed by atoms with Gasteiger partial charge in [0.1, 0.15) is 19.3 Å². The number of fused-ring (bicyclic) bond motifs is 1. The zero-order chi connectivity index (χ0) is 25.0. The zero-order valence-electron chi connectivity index (χ0n) is 19.7. The molecule has 1 saturated heterocycles. The van der Waals surface area contributed by atoms with Crippen molar-refractivity contribution in [2.75, 3.05) is 42.2 Å². The highest BCUT2D eigenvalue weighted by molar-refractivity contribution is 7.92. The average Bonchev–Trinajstić information content (AvgIpc) is 3.36. The fourth-order valence-corrected chi connectivity index (χ4v) is 5.28. The molecular formula is C24H29N3O7S. The number of nitrogens with one attached hydrogen (secondary N) is 2. The zero-order valence-corrected chi connectivity index (χ0v) is 20.5. The van der Waals surface area contributed by atoms with Crippen molar-refractivity contribution in [1.29, 1.82) is 0 Å². The number of hydrogen-bond donors (Lipinski definition) is 2. The summed E-state index contributed by atoms with van der Waals surface area (Å²) in [6.07, 6.45) is 2.86. The summed E-state index contributed by atoms with van der Waals surface area (Å²) in [5, 5.41) is 5.55. The van der Waals surface area contributed by atoms with E-state index >= 15 is 0 Å². The van der Waals surface area contributed by atoms with Crippen LogP contribution in [0.4, 0.5) is 11.4 Å². The molecule has 0 aliphatic carbocycles. The first-order valence-electron chi connectivity index (χ1n) is 11.4. The molecule has 2 amide bonds. The van der Waals surface area contributed by atoms with Gasteiger partial charge in [0.25, 0.3) is 5.91 Å². The van der Waals surface area contributed by atoms with Crippen molar-refractivity contribution in [3.63, 3.8) is 0 Å². The molecule has 10 nitrogen and oxygen atoms in total. The van der Waals surface area contributed by atoms with Gasteiger partial charge in [-0.2, -0.15) is 0 Å². The number of carbonyl (C=O) groups excluding carboxylic acids is 2. The third-order valence-corrected chi connectivity index (χ3v) is 7.05. The van der Waals surface area contributed by atoms with E-state index in [4.69, 9.17) is 14.2 Å². The van der Waals surface area contributed by atoms with Crippen LogP contribution in [0.3, 0.4) is 0 Å².